The van der Waals surface area contributed by atoms with Crippen molar-refractivity contribution in [2.45, 2.75) is 45.1 Å². The Morgan fingerprint density at radius 3 is 2.60 bits per heavy atom. The summed E-state index contributed by atoms with van der Waals surface area (Å²) in [6.45, 7) is 4.74. The highest BCUT2D eigenvalue weighted by atomic mass is 16.5. The Labute approximate surface area is 122 Å². The van der Waals surface area contributed by atoms with E-state index in [0.717, 1.165) is 57.7 Å². The monoisotopic (exact) mass is 277 g/mol. The largest absolute Gasteiger partial charge is 0.494 e. The van der Waals surface area contributed by atoms with Crippen LogP contribution in [0.25, 0.3) is 0 Å². The maximum Gasteiger partial charge on any atom is 0.119 e. The molecular formula is C17H27NO2. The van der Waals surface area contributed by atoms with Gasteiger partial charge >= 0.3 is 0 Å². The van der Waals surface area contributed by atoms with Crippen molar-refractivity contribution in [1.29, 1.82) is 0 Å². The maximum absolute atomic E-state index is 6.32. The Morgan fingerprint density at radius 1 is 1.25 bits per heavy atom. The number of nitrogens with two attached hydrogens (primary N) is 1. The summed E-state index contributed by atoms with van der Waals surface area (Å²) < 4.78 is 11.1. The zero-order valence-corrected chi connectivity index (χ0v) is 12.5. The highest BCUT2D eigenvalue weighted by Gasteiger charge is 2.18. The number of unbranched alkanes of at least 4 members (excludes halogenated alkanes) is 1. The van der Waals surface area contributed by atoms with Gasteiger partial charge in [0.15, 0.2) is 0 Å². The Balaban J connectivity index is 1.81. The third-order valence-electron chi connectivity index (χ3n) is 4.00. The molecule has 1 aliphatic heterocycles. The Morgan fingerprint density at radius 2 is 1.95 bits per heavy atom. The van der Waals surface area contributed by atoms with E-state index < -0.39 is 0 Å². The number of rotatable bonds is 7. The number of benzene rings is 1. The summed E-state index contributed by atoms with van der Waals surface area (Å²) >= 11 is 0. The smallest absolute Gasteiger partial charge is 0.119 e. The van der Waals surface area contributed by atoms with Gasteiger partial charge in [0.2, 0.25) is 0 Å². The van der Waals surface area contributed by atoms with Crippen molar-refractivity contribution in [3.63, 3.8) is 0 Å². The summed E-state index contributed by atoms with van der Waals surface area (Å²) in [5.74, 6) is 1.65. The number of hydrogen-bond acceptors (Lipinski definition) is 3. The van der Waals surface area contributed by atoms with Crippen LogP contribution in [0, 0.1) is 5.92 Å². The van der Waals surface area contributed by atoms with Gasteiger partial charge in [-0.05, 0) is 49.3 Å². The average Bonchev–Trinajstić information content (AvgIpc) is 2.49. The van der Waals surface area contributed by atoms with E-state index in [2.05, 4.69) is 19.1 Å². The standard InChI is InChI=1S/C17H27NO2/c1-2-3-10-20-16-6-4-15(5-7-16)17(18)13-14-8-11-19-12-9-14/h4-7,14,17H,2-3,8-13,18H2,1H3. The molecule has 20 heavy (non-hydrogen) atoms. The third-order valence-corrected chi connectivity index (χ3v) is 4.00. The van der Waals surface area contributed by atoms with E-state index in [1.165, 1.54) is 5.56 Å². The van der Waals surface area contributed by atoms with Crippen molar-refractivity contribution in [2.24, 2.45) is 11.7 Å². The molecule has 1 aliphatic rings. The number of ether oxygens (including phenoxy) is 2. The molecule has 1 aromatic rings. The van der Waals surface area contributed by atoms with Crippen molar-refractivity contribution in [1.82, 2.24) is 0 Å². The molecule has 0 amide bonds. The molecule has 0 saturated carbocycles. The predicted octanol–water partition coefficient (Wildman–Crippen LogP) is 3.68. The Kier molecular flexibility index (Phi) is 6.34. The third kappa shape index (κ3) is 4.80. The van der Waals surface area contributed by atoms with Gasteiger partial charge in [-0.25, -0.2) is 0 Å². The molecule has 0 aliphatic carbocycles. The molecular weight excluding hydrogens is 250 g/mol. The highest BCUT2D eigenvalue weighted by Crippen LogP contribution is 2.27. The van der Waals surface area contributed by atoms with Crippen LogP contribution in [-0.2, 0) is 4.74 Å². The summed E-state index contributed by atoms with van der Waals surface area (Å²) in [4.78, 5) is 0. The molecule has 1 saturated heterocycles. The van der Waals surface area contributed by atoms with E-state index in [9.17, 15) is 0 Å². The highest BCUT2D eigenvalue weighted by molar-refractivity contribution is 5.29. The van der Waals surface area contributed by atoms with Gasteiger partial charge in [0, 0.05) is 19.3 Å². The lowest BCUT2D eigenvalue weighted by atomic mass is 9.90. The van der Waals surface area contributed by atoms with Crippen LogP contribution in [0.1, 0.15) is 50.6 Å². The first-order valence-corrected chi connectivity index (χ1v) is 7.85. The van der Waals surface area contributed by atoms with Gasteiger partial charge in [0.05, 0.1) is 6.61 Å². The van der Waals surface area contributed by atoms with E-state index in [-0.39, 0.29) is 6.04 Å². The predicted molar refractivity (Wildman–Crippen MR) is 81.9 cm³/mol. The first-order valence-electron chi connectivity index (χ1n) is 7.85. The molecule has 0 spiro atoms. The van der Waals surface area contributed by atoms with Crippen molar-refractivity contribution >= 4 is 0 Å². The lowest BCUT2D eigenvalue weighted by Crippen LogP contribution is -2.21. The molecule has 0 aromatic heterocycles. The van der Waals surface area contributed by atoms with Crippen LogP contribution in [0.3, 0.4) is 0 Å². The van der Waals surface area contributed by atoms with Crippen LogP contribution in [0.5, 0.6) is 5.75 Å². The second-order valence-corrected chi connectivity index (χ2v) is 5.67. The molecule has 1 fully saturated rings. The van der Waals surface area contributed by atoms with Crippen LogP contribution in [0.2, 0.25) is 0 Å². The topological polar surface area (TPSA) is 44.5 Å². The molecule has 1 atom stereocenters. The van der Waals surface area contributed by atoms with Gasteiger partial charge in [0.1, 0.15) is 5.75 Å². The van der Waals surface area contributed by atoms with Crippen LogP contribution in [-0.4, -0.2) is 19.8 Å². The van der Waals surface area contributed by atoms with Gasteiger partial charge in [-0.15, -0.1) is 0 Å². The second-order valence-electron chi connectivity index (χ2n) is 5.67. The van der Waals surface area contributed by atoms with Crippen molar-refractivity contribution in [3.8, 4) is 5.75 Å². The molecule has 1 aromatic carbocycles. The second kappa shape index (κ2) is 8.28. The van der Waals surface area contributed by atoms with E-state index in [4.69, 9.17) is 15.2 Å². The minimum atomic E-state index is 0.128. The minimum Gasteiger partial charge on any atom is -0.494 e. The molecule has 2 rings (SSSR count). The van der Waals surface area contributed by atoms with Crippen LogP contribution in [0.15, 0.2) is 24.3 Å². The summed E-state index contributed by atoms with van der Waals surface area (Å²) in [6.07, 6.45) is 5.61. The van der Waals surface area contributed by atoms with E-state index in [0.29, 0.717) is 5.92 Å². The van der Waals surface area contributed by atoms with Gasteiger partial charge in [-0.3, -0.25) is 0 Å². The first-order chi connectivity index (χ1) is 9.79. The van der Waals surface area contributed by atoms with Gasteiger partial charge in [-0.1, -0.05) is 25.5 Å². The Bertz CT molecular complexity index is 371. The fourth-order valence-corrected chi connectivity index (χ4v) is 2.62. The molecule has 0 radical (unpaired) electrons. The van der Waals surface area contributed by atoms with E-state index in [1.807, 2.05) is 12.1 Å². The van der Waals surface area contributed by atoms with E-state index in [1.54, 1.807) is 0 Å². The number of hydrogen-bond donors (Lipinski definition) is 1. The van der Waals surface area contributed by atoms with Crippen LogP contribution < -0.4 is 10.5 Å². The maximum atomic E-state index is 6.32. The Hall–Kier alpha value is -1.06. The molecule has 1 unspecified atom stereocenters. The summed E-state index contributed by atoms with van der Waals surface area (Å²) in [5, 5.41) is 0. The zero-order chi connectivity index (χ0) is 14.2. The van der Waals surface area contributed by atoms with Crippen molar-refractivity contribution in [3.05, 3.63) is 29.8 Å². The fourth-order valence-electron chi connectivity index (χ4n) is 2.62. The quantitative estimate of drug-likeness (QED) is 0.773. The summed E-state index contributed by atoms with van der Waals surface area (Å²) in [6, 6.07) is 8.41. The lowest BCUT2D eigenvalue weighted by Gasteiger charge is -2.25. The van der Waals surface area contributed by atoms with Gasteiger partial charge in [0.25, 0.3) is 0 Å². The molecule has 3 heteroatoms. The zero-order valence-electron chi connectivity index (χ0n) is 12.5. The molecule has 1 heterocycles. The van der Waals surface area contributed by atoms with Crippen molar-refractivity contribution < 1.29 is 9.47 Å². The normalized spacial score (nSPS) is 17.9. The van der Waals surface area contributed by atoms with Crippen molar-refractivity contribution in [2.75, 3.05) is 19.8 Å². The average molecular weight is 277 g/mol. The van der Waals surface area contributed by atoms with Crippen LogP contribution in [0.4, 0.5) is 0 Å². The molecule has 2 N–H and O–H groups in total. The van der Waals surface area contributed by atoms with Gasteiger partial charge < -0.3 is 15.2 Å². The molecule has 112 valence electrons. The molecule has 3 nitrogen and oxygen atoms in total. The summed E-state index contributed by atoms with van der Waals surface area (Å²) in [5.41, 5.74) is 7.52. The van der Waals surface area contributed by atoms with E-state index >= 15 is 0 Å². The lowest BCUT2D eigenvalue weighted by molar-refractivity contribution is 0.0618. The fraction of sp³-hybridized carbons (Fsp3) is 0.647. The minimum absolute atomic E-state index is 0.128. The first kappa shape index (κ1) is 15.3. The summed E-state index contributed by atoms with van der Waals surface area (Å²) in [7, 11) is 0. The SMILES string of the molecule is CCCCOc1ccc(C(N)CC2CCOCC2)cc1. The molecule has 0 bridgehead atoms. The van der Waals surface area contributed by atoms with Crippen LogP contribution >= 0.6 is 0 Å². The van der Waals surface area contributed by atoms with Gasteiger partial charge in [-0.2, -0.15) is 0 Å².